The van der Waals surface area contributed by atoms with Gasteiger partial charge in [0.05, 0.1) is 12.6 Å². The first-order valence-corrected chi connectivity index (χ1v) is 8.87. The summed E-state index contributed by atoms with van der Waals surface area (Å²) < 4.78 is 26.7. The van der Waals surface area contributed by atoms with Crippen molar-refractivity contribution >= 4 is 21.7 Å². The zero-order valence-corrected chi connectivity index (χ0v) is 14.0. The van der Waals surface area contributed by atoms with Crippen molar-refractivity contribution in [1.29, 1.82) is 0 Å². The van der Waals surface area contributed by atoms with Crippen molar-refractivity contribution in [2.24, 2.45) is 5.92 Å². The van der Waals surface area contributed by atoms with Crippen LogP contribution in [-0.2, 0) is 14.8 Å². The van der Waals surface area contributed by atoms with Gasteiger partial charge in [0.1, 0.15) is 5.82 Å². The third kappa shape index (κ3) is 5.15. The number of aliphatic hydroxyl groups is 1. The van der Waals surface area contributed by atoms with Gasteiger partial charge in [0.2, 0.25) is 5.91 Å². The van der Waals surface area contributed by atoms with E-state index in [2.05, 4.69) is 15.0 Å². The highest BCUT2D eigenvalue weighted by Crippen LogP contribution is 2.32. The normalized spacial score (nSPS) is 16.0. The van der Waals surface area contributed by atoms with Crippen LogP contribution in [0.15, 0.2) is 23.2 Å². The monoisotopic (exact) mass is 342 g/mol. The molecule has 8 nitrogen and oxygen atoms in total. The highest BCUT2D eigenvalue weighted by atomic mass is 32.2. The number of aliphatic hydroxyl groups excluding tert-OH is 1. The molecule has 0 bridgehead atoms. The first kappa shape index (κ1) is 17.6. The molecule has 0 saturated heterocycles. The van der Waals surface area contributed by atoms with Crippen molar-refractivity contribution in [2.75, 3.05) is 32.5 Å². The number of carbonyl (C=O) groups excluding carboxylic acids is 1. The van der Waals surface area contributed by atoms with Gasteiger partial charge in [-0.25, -0.2) is 18.1 Å². The summed E-state index contributed by atoms with van der Waals surface area (Å²) in [6.45, 7) is 0.00275. The first-order chi connectivity index (χ1) is 10.8. The fourth-order valence-corrected chi connectivity index (χ4v) is 2.92. The number of carbonyl (C=O) groups is 1. The number of hydrogen-bond donors (Lipinski definition) is 3. The van der Waals surface area contributed by atoms with Crippen LogP contribution >= 0.6 is 0 Å². The molecule has 1 aliphatic carbocycles. The number of pyridine rings is 1. The van der Waals surface area contributed by atoms with Gasteiger partial charge in [0.15, 0.2) is 5.03 Å². The van der Waals surface area contributed by atoms with Crippen molar-refractivity contribution < 1.29 is 18.3 Å². The smallest absolute Gasteiger partial charge is 0.258 e. The molecular weight excluding hydrogens is 320 g/mol. The molecule has 1 fully saturated rings. The zero-order valence-electron chi connectivity index (χ0n) is 13.2. The Balaban J connectivity index is 1.98. The van der Waals surface area contributed by atoms with E-state index in [0.29, 0.717) is 5.82 Å². The van der Waals surface area contributed by atoms with E-state index >= 15 is 0 Å². The minimum atomic E-state index is -3.79. The van der Waals surface area contributed by atoms with E-state index in [4.69, 9.17) is 0 Å². The van der Waals surface area contributed by atoms with Gasteiger partial charge in [-0.05, 0) is 30.9 Å². The van der Waals surface area contributed by atoms with E-state index in [0.717, 1.165) is 12.8 Å². The summed E-state index contributed by atoms with van der Waals surface area (Å²) in [6.07, 6.45) is 1.20. The van der Waals surface area contributed by atoms with Crippen LogP contribution in [0, 0.1) is 5.92 Å². The number of nitrogens with zero attached hydrogens (tertiary/aromatic N) is 2. The molecule has 1 heterocycles. The van der Waals surface area contributed by atoms with Gasteiger partial charge in [0, 0.05) is 20.6 Å². The molecule has 23 heavy (non-hydrogen) atoms. The van der Waals surface area contributed by atoms with Crippen LogP contribution in [0.1, 0.15) is 12.8 Å². The SMILES string of the molecule is CN(C)C(=O)CNc1cccc(S(=O)(=O)NCC(O)C2CC2)n1. The molecule has 128 valence electrons. The van der Waals surface area contributed by atoms with Gasteiger partial charge in [-0.1, -0.05) is 6.07 Å². The second kappa shape index (κ2) is 7.24. The molecule has 1 saturated carbocycles. The standard InChI is InChI=1S/C14H22N4O4S/c1-18(2)14(20)9-15-12-4-3-5-13(17-12)23(21,22)16-8-11(19)10-6-7-10/h3-5,10-11,16,19H,6-9H2,1-2H3,(H,15,17). The molecule has 1 aromatic rings. The average molecular weight is 342 g/mol. The molecule has 1 amide bonds. The van der Waals surface area contributed by atoms with Gasteiger partial charge in [-0.15, -0.1) is 0 Å². The van der Waals surface area contributed by atoms with E-state index in [1.165, 1.54) is 11.0 Å². The number of anilines is 1. The highest BCUT2D eigenvalue weighted by molar-refractivity contribution is 7.89. The Kier molecular flexibility index (Phi) is 5.55. The van der Waals surface area contributed by atoms with Gasteiger partial charge in [-0.2, -0.15) is 0 Å². The minimum absolute atomic E-state index is 0.0224. The predicted molar refractivity (Wildman–Crippen MR) is 85.3 cm³/mol. The lowest BCUT2D eigenvalue weighted by Crippen LogP contribution is -2.33. The third-order valence-corrected chi connectivity index (χ3v) is 4.89. The van der Waals surface area contributed by atoms with E-state index < -0.39 is 16.1 Å². The maximum Gasteiger partial charge on any atom is 0.258 e. The molecule has 0 aliphatic heterocycles. The molecule has 0 radical (unpaired) electrons. The number of likely N-dealkylation sites (N-methyl/N-ethyl adjacent to an activating group) is 1. The third-order valence-electron chi connectivity index (χ3n) is 3.57. The van der Waals surface area contributed by atoms with E-state index in [1.807, 2.05) is 0 Å². The van der Waals surface area contributed by atoms with Crippen LogP contribution in [0.2, 0.25) is 0 Å². The highest BCUT2D eigenvalue weighted by Gasteiger charge is 2.30. The van der Waals surface area contributed by atoms with Crippen LogP contribution in [0.5, 0.6) is 0 Å². The summed E-state index contributed by atoms with van der Waals surface area (Å²) in [5.74, 6) is 0.340. The fourth-order valence-electron chi connectivity index (χ4n) is 1.90. The summed E-state index contributed by atoms with van der Waals surface area (Å²) in [5.41, 5.74) is 0. The summed E-state index contributed by atoms with van der Waals surface area (Å²) in [4.78, 5) is 16.9. The molecule has 1 aromatic heterocycles. The van der Waals surface area contributed by atoms with Crippen LogP contribution in [0.4, 0.5) is 5.82 Å². The van der Waals surface area contributed by atoms with Crippen molar-refractivity contribution in [1.82, 2.24) is 14.6 Å². The Labute approximate surface area is 136 Å². The lowest BCUT2D eigenvalue weighted by atomic mass is 10.2. The molecule has 2 rings (SSSR count). The molecule has 1 atom stereocenters. The topological polar surface area (TPSA) is 112 Å². The molecular formula is C14H22N4O4S. The largest absolute Gasteiger partial charge is 0.391 e. The maximum atomic E-state index is 12.2. The number of rotatable bonds is 8. The summed E-state index contributed by atoms with van der Waals surface area (Å²) in [6, 6.07) is 4.49. The van der Waals surface area contributed by atoms with Crippen LogP contribution in [0.25, 0.3) is 0 Å². The van der Waals surface area contributed by atoms with Crippen molar-refractivity contribution in [3.05, 3.63) is 18.2 Å². The fraction of sp³-hybridized carbons (Fsp3) is 0.571. The maximum absolute atomic E-state index is 12.2. The van der Waals surface area contributed by atoms with Crippen molar-refractivity contribution in [3.8, 4) is 0 Å². The zero-order chi connectivity index (χ0) is 17.0. The first-order valence-electron chi connectivity index (χ1n) is 7.38. The predicted octanol–water partition coefficient (Wildman–Crippen LogP) is -0.369. The Morgan fingerprint density at radius 2 is 2.13 bits per heavy atom. The Bertz CT molecular complexity index is 658. The van der Waals surface area contributed by atoms with Gasteiger partial charge in [-0.3, -0.25) is 4.79 Å². The molecule has 0 spiro atoms. The summed E-state index contributed by atoms with van der Waals surface area (Å²) >= 11 is 0. The van der Waals surface area contributed by atoms with E-state index in [1.54, 1.807) is 26.2 Å². The quantitative estimate of drug-likeness (QED) is 0.594. The van der Waals surface area contributed by atoms with Gasteiger partial charge >= 0.3 is 0 Å². The lowest BCUT2D eigenvalue weighted by Gasteiger charge is -2.13. The number of aromatic nitrogens is 1. The Morgan fingerprint density at radius 1 is 1.43 bits per heavy atom. The summed E-state index contributed by atoms with van der Waals surface area (Å²) in [5, 5.41) is 12.4. The Morgan fingerprint density at radius 3 is 2.74 bits per heavy atom. The second-order valence-electron chi connectivity index (χ2n) is 5.76. The van der Waals surface area contributed by atoms with Crippen LogP contribution < -0.4 is 10.0 Å². The number of hydrogen-bond acceptors (Lipinski definition) is 6. The van der Waals surface area contributed by atoms with Crippen LogP contribution in [-0.4, -0.2) is 62.6 Å². The molecule has 1 aliphatic rings. The second-order valence-corrected chi connectivity index (χ2v) is 7.47. The van der Waals surface area contributed by atoms with Crippen LogP contribution in [0.3, 0.4) is 0 Å². The minimum Gasteiger partial charge on any atom is -0.391 e. The van der Waals surface area contributed by atoms with Crippen molar-refractivity contribution in [2.45, 2.75) is 24.0 Å². The number of nitrogens with one attached hydrogen (secondary N) is 2. The molecule has 9 heteroatoms. The van der Waals surface area contributed by atoms with Gasteiger partial charge < -0.3 is 15.3 Å². The van der Waals surface area contributed by atoms with E-state index in [-0.39, 0.29) is 29.9 Å². The lowest BCUT2D eigenvalue weighted by molar-refractivity contribution is -0.126. The number of amides is 1. The van der Waals surface area contributed by atoms with E-state index in [9.17, 15) is 18.3 Å². The molecule has 1 unspecified atom stereocenters. The molecule has 3 N–H and O–H groups in total. The van der Waals surface area contributed by atoms with Gasteiger partial charge in [0.25, 0.3) is 10.0 Å². The summed E-state index contributed by atoms with van der Waals surface area (Å²) in [7, 11) is -0.530. The molecule has 0 aromatic carbocycles. The van der Waals surface area contributed by atoms with Crippen molar-refractivity contribution in [3.63, 3.8) is 0 Å². The number of sulfonamides is 1. The average Bonchev–Trinajstić information content (AvgIpc) is 3.35. The Hall–Kier alpha value is -1.71.